The average molecular weight is 380 g/mol. The van der Waals surface area contributed by atoms with Crippen molar-refractivity contribution in [2.24, 2.45) is 0 Å². The minimum atomic E-state index is -1.00. The highest BCUT2D eigenvalue weighted by Gasteiger charge is 2.28. The van der Waals surface area contributed by atoms with E-state index in [1.54, 1.807) is 12.1 Å². The highest BCUT2D eigenvalue weighted by molar-refractivity contribution is 5.89. The van der Waals surface area contributed by atoms with E-state index in [1.165, 1.54) is 12.1 Å². The molecule has 1 saturated heterocycles. The third kappa shape index (κ3) is 5.19. The maximum atomic E-state index is 12.9. The van der Waals surface area contributed by atoms with Gasteiger partial charge < -0.3 is 15.3 Å². The zero-order valence-corrected chi connectivity index (χ0v) is 15.6. The zero-order valence-electron chi connectivity index (χ0n) is 15.6. The average Bonchev–Trinajstić information content (AvgIpc) is 3.23. The fourth-order valence-corrected chi connectivity index (χ4v) is 3.40. The van der Waals surface area contributed by atoms with E-state index in [2.05, 4.69) is 5.32 Å². The van der Waals surface area contributed by atoms with Crippen LogP contribution in [0.25, 0.3) is 0 Å². The SMILES string of the molecule is O=C(Cc1ccc(C(=O)O)cc1)NC(Cc1ccccc1)C(=O)N1CCCC1. The molecule has 6 heteroatoms. The monoisotopic (exact) mass is 380 g/mol. The topological polar surface area (TPSA) is 86.7 Å². The predicted octanol–water partition coefficient (Wildman–Crippen LogP) is 2.28. The molecule has 1 aliphatic heterocycles. The second kappa shape index (κ2) is 9.17. The molecule has 2 aromatic carbocycles. The number of carboxylic acid groups (broad SMARTS) is 1. The number of carboxylic acids is 1. The van der Waals surface area contributed by atoms with Crippen molar-refractivity contribution in [1.29, 1.82) is 0 Å². The van der Waals surface area contributed by atoms with Crippen LogP contribution in [-0.4, -0.2) is 46.9 Å². The van der Waals surface area contributed by atoms with E-state index < -0.39 is 12.0 Å². The molecule has 28 heavy (non-hydrogen) atoms. The van der Waals surface area contributed by atoms with Gasteiger partial charge in [-0.05, 0) is 36.1 Å². The Bertz CT molecular complexity index is 827. The minimum absolute atomic E-state index is 0.0454. The summed E-state index contributed by atoms with van der Waals surface area (Å²) in [6, 6.07) is 15.2. The van der Waals surface area contributed by atoms with E-state index in [4.69, 9.17) is 5.11 Å². The summed E-state index contributed by atoms with van der Waals surface area (Å²) in [5.41, 5.74) is 1.87. The lowest BCUT2D eigenvalue weighted by molar-refractivity contribution is -0.135. The molecule has 2 N–H and O–H groups in total. The van der Waals surface area contributed by atoms with Gasteiger partial charge in [0.25, 0.3) is 0 Å². The number of likely N-dealkylation sites (tertiary alicyclic amines) is 1. The van der Waals surface area contributed by atoms with Crippen LogP contribution in [0.3, 0.4) is 0 Å². The number of nitrogens with one attached hydrogen (secondary N) is 1. The van der Waals surface area contributed by atoms with E-state index in [-0.39, 0.29) is 23.8 Å². The third-order valence-corrected chi connectivity index (χ3v) is 4.90. The summed E-state index contributed by atoms with van der Waals surface area (Å²) in [6.45, 7) is 1.47. The number of amides is 2. The maximum Gasteiger partial charge on any atom is 0.335 e. The van der Waals surface area contributed by atoms with Crippen LogP contribution in [0.1, 0.15) is 34.3 Å². The summed E-state index contributed by atoms with van der Waals surface area (Å²) in [5.74, 6) is -1.30. The van der Waals surface area contributed by atoms with Gasteiger partial charge >= 0.3 is 5.97 Å². The summed E-state index contributed by atoms with van der Waals surface area (Å²) in [6.07, 6.45) is 2.53. The molecular formula is C22H24N2O4. The molecule has 1 fully saturated rings. The molecular weight excluding hydrogens is 356 g/mol. The molecule has 0 spiro atoms. The van der Waals surface area contributed by atoms with Gasteiger partial charge in [0.05, 0.1) is 12.0 Å². The second-order valence-corrected chi connectivity index (χ2v) is 7.02. The fourth-order valence-electron chi connectivity index (χ4n) is 3.40. The molecule has 1 heterocycles. The van der Waals surface area contributed by atoms with Crippen molar-refractivity contribution < 1.29 is 19.5 Å². The van der Waals surface area contributed by atoms with Gasteiger partial charge in [0.2, 0.25) is 11.8 Å². The fraction of sp³-hybridized carbons (Fsp3) is 0.318. The number of aromatic carboxylic acids is 1. The molecule has 2 amide bonds. The van der Waals surface area contributed by atoms with Crippen molar-refractivity contribution >= 4 is 17.8 Å². The molecule has 0 aromatic heterocycles. The Kier molecular flexibility index (Phi) is 6.42. The van der Waals surface area contributed by atoms with Gasteiger partial charge in [-0.25, -0.2) is 4.79 Å². The maximum absolute atomic E-state index is 12.9. The zero-order chi connectivity index (χ0) is 19.9. The lowest BCUT2D eigenvalue weighted by Crippen LogP contribution is -2.49. The molecule has 0 bridgehead atoms. The van der Waals surface area contributed by atoms with E-state index in [0.29, 0.717) is 12.0 Å². The van der Waals surface area contributed by atoms with Crippen LogP contribution in [0.2, 0.25) is 0 Å². The van der Waals surface area contributed by atoms with Gasteiger partial charge in [0, 0.05) is 19.5 Å². The number of benzene rings is 2. The molecule has 0 radical (unpaired) electrons. The molecule has 6 nitrogen and oxygen atoms in total. The van der Waals surface area contributed by atoms with Gasteiger partial charge in [0.15, 0.2) is 0 Å². The Morgan fingerprint density at radius 3 is 2.18 bits per heavy atom. The Morgan fingerprint density at radius 2 is 1.57 bits per heavy atom. The number of carbonyl (C=O) groups excluding carboxylic acids is 2. The smallest absolute Gasteiger partial charge is 0.335 e. The number of nitrogens with zero attached hydrogens (tertiary/aromatic N) is 1. The lowest BCUT2D eigenvalue weighted by Gasteiger charge is -2.24. The van der Waals surface area contributed by atoms with Gasteiger partial charge in [-0.15, -0.1) is 0 Å². The first-order chi connectivity index (χ1) is 13.5. The first-order valence-corrected chi connectivity index (χ1v) is 9.47. The summed E-state index contributed by atoms with van der Waals surface area (Å²) >= 11 is 0. The minimum Gasteiger partial charge on any atom is -0.478 e. The van der Waals surface area contributed by atoms with Crippen molar-refractivity contribution in [1.82, 2.24) is 10.2 Å². The van der Waals surface area contributed by atoms with Crippen LogP contribution >= 0.6 is 0 Å². The molecule has 2 aromatic rings. The van der Waals surface area contributed by atoms with Gasteiger partial charge in [-0.3, -0.25) is 9.59 Å². The highest BCUT2D eigenvalue weighted by Crippen LogP contribution is 2.13. The van der Waals surface area contributed by atoms with Crippen molar-refractivity contribution in [2.45, 2.75) is 31.7 Å². The van der Waals surface area contributed by atoms with E-state index >= 15 is 0 Å². The summed E-state index contributed by atoms with van der Waals surface area (Å²) in [7, 11) is 0. The number of hydrogen-bond donors (Lipinski definition) is 2. The van der Waals surface area contributed by atoms with Crippen molar-refractivity contribution in [3.05, 3.63) is 71.3 Å². The standard InChI is InChI=1S/C22H24N2O4/c25-20(15-17-8-10-18(11-9-17)22(27)28)23-19(14-16-6-2-1-3-7-16)21(26)24-12-4-5-13-24/h1-3,6-11,19H,4-5,12-15H2,(H,23,25)(H,27,28). The normalized spacial score (nSPS) is 14.5. The number of hydrogen-bond acceptors (Lipinski definition) is 3. The second-order valence-electron chi connectivity index (χ2n) is 7.02. The van der Waals surface area contributed by atoms with Crippen LogP contribution in [0.5, 0.6) is 0 Å². The molecule has 1 aliphatic rings. The van der Waals surface area contributed by atoms with E-state index in [0.717, 1.165) is 31.5 Å². The Balaban J connectivity index is 1.67. The number of carbonyl (C=O) groups is 3. The molecule has 0 aliphatic carbocycles. The van der Waals surface area contributed by atoms with Crippen LogP contribution in [0.4, 0.5) is 0 Å². The summed E-state index contributed by atoms with van der Waals surface area (Å²) < 4.78 is 0. The van der Waals surface area contributed by atoms with Crippen molar-refractivity contribution in [3.8, 4) is 0 Å². The van der Waals surface area contributed by atoms with Crippen LogP contribution < -0.4 is 5.32 Å². The van der Waals surface area contributed by atoms with Gasteiger partial charge in [0.1, 0.15) is 6.04 Å². The quantitative estimate of drug-likeness (QED) is 0.772. The molecule has 1 atom stereocenters. The van der Waals surface area contributed by atoms with Crippen LogP contribution in [0.15, 0.2) is 54.6 Å². The van der Waals surface area contributed by atoms with Gasteiger partial charge in [-0.2, -0.15) is 0 Å². The highest BCUT2D eigenvalue weighted by atomic mass is 16.4. The Labute approximate surface area is 164 Å². The molecule has 1 unspecified atom stereocenters. The first-order valence-electron chi connectivity index (χ1n) is 9.47. The largest absolute Gasteiger partial charge is 0.478 e. The summed E-state index contributed by atoms with van der Waals surface area (Å²) in [5, 5.41) is 11.8. The first kappa shape index (κ1) is 19.6. The van der Waals surface area contributed by atoms with Crippen LogP contribution in [-0.2, 0) is 22.4 Å². The lowest BCUT2D eigenvalue weighted by atomic mass is 10.0. The van der Waals surface area contributed by atoms with Crippen molar-refractivity contribution in [3.63, 3.8) is 0 Å². The Morgan fingerprint density at radius 1 is 0.929 bits per heavy atom. The van der Waals surface area contributed by atoms with Crippen molar-refractivity contribution in [2.75, 3.05) is 13.1 Å². The van der Waals surface area contributed by atoms with E-state index in [9.17, 15) is 14.4 Å². The number of rotatable bonds is 7. The predicted molar refractivity (Wildman–Crippen MR) is 105 cm³/mol. The Hall–Kier alpha value is -3.15. The van der Waals surface area contributed by atoms with Crippen LogP contribution in [0, 0.1) is 0 Å². The molecule has 146 valence electrons. The molecule has 3 rings (SSSR count). The summed E-state index contributed by atoms with van der Waals surface area (Å²) in [4.78, 5) is 38.2. The van der Waals surface area contributed by atoms with Gasteiger partial charge in [-0.1, -0.05) is 42.5 Å². The molecule has 0 saturated carbocycles. The third-order valence-electron chi connectivity index (χ3n) is 4.90. The van der Waals surface area contributed by atoms with E-state index in [1.807, 2.05) is 35.2 Å².